The van der Waals surface area contributed by atoms with Crippen LogP contribution >= 0.6 is 11.6 Å². The number of nitrogens with one attached hydrogen (secondary N) is 1. The maximum Gasteiger partial charge on any atom is 0.330 e. The number of anilines is 1. The Labute approximate surface area is 127 Å². The molecule has 112 valence electrons. The van der Waals surface area contributed by atoms with Gasteiger partial charge in [0.2, 0.25) is 5.95 Å². The second-order valence-electron chi connectivity index (χ2n) is 4.27. The number of hydrazine groups is 1. The van der Waals surface area contributed by atoms with Gasteiger partial charge in [-0.15, -0.1) is 4.98 Å². The summed E-state index contributed by atoms with van der Waals surface area (Å²) in [6, 6.07) is 3.82. The number of aromatic nitrogens is 3. The molecule has 0 aliphatic rings. The largest absolute Gasteiger partial charge is 0.464 e. The number of hydrogen-bond donors (Lipinski definition) is 2. The maximum absolute atomic E-state index is 6.12. The van der Waals surface area contributed by atoms with Crippen molar-refractivity contribution in [3.8, 4) is 17.8 Å². The van der Waals surface area contributed by atoms with Gasteiger partial charge in [0.25, 0.3) is 0 Å². The average Bonchev–Trinajstić information content (AvgIpc) is 2.44. The Kier molecular flexibility index (Phi) is 4.77. The molecule has 1 heterocycles. The Bertz CT molecular complexity index is 627. The van der Waals surface area contributed by atoms with Gasteiger partial charge in [-0.3, -0.25) is 5.43 Å². The first-order valence-corrected chi connectivity index (χ1v) is 6.71. The van der Waals surface area contributed by atoms with E-state index in [9.17, 15) is 0 Å². The van der Waals surface area contributed by atoms with Gasteiger partial charge in [0.05, 0.1) is 6.61 Å². The number of nitrogens with zero attached hydrogens (tertiary/aromatic N) is 3. The van der Waals surface area contributed by atoms with Crippen LogP contribution in [0.4, 0.5) is 5.95 Å². The highest BCUT2D eigenvalue weighted by molar-refractivity contribution is 6.32. The number of nitrogen functional groups attached to an aromatic ring is 1. The zero-order valence-corrected chi connectivity index (χ0v) is 12.7. The van der Waals surface area contributed by atoms with Crippen LogP contribution < -0.4 is 20.7 Å². The Morgan fingerprint density at radius 1 is 1.14 bits per heavy atom. The van der Waals surface area contributed by atoms with E-state index in [1.165, 1.54) is 0 Å². The van der Waals surface area contributed by atoms with Crippen LogP contribution in [0.5, 0.6) is 17.8 Å². The molecule has 21 heavy (non-hydrogen) atoms. The van der Waals surface area contributed by atoms with Crippen molar-refractivity contribution in [3.63, 3.8) is 0 Å². The Hall–Kier alpha value is -2.12. The smallest absolute Gasteiger partial charge is 0.330 e. The van der Waals surface area contributed by atoms with Crippen molar-refractivity contribution >= 4 is 17.5 Å². The van der Waals surface area contributed by atoms with E-state index in [-0.39, 0.29) is 18.0 Å². The molecule has 0 radical (unpaired) electrons. The molecule has 0 saturated heterocycles. The second kappa shape index (κ2) is 6.55. The highest BCUT2D eigenvalue weighted by Crippen LogP contribution is 2.28. The molecule has 0 unspecified atom stereocenters. The fraction of sp³-hybridized carbons (Fsp3) is 0.308. The van der Waals surface area contributed by atoms with Crippen LogP contribution in [0.25, 0.3) is 0 Å². The second-order valence-corrected chi connectivity index (χ2v) is 4.65. The molecule has 0 aliphatic carbocycles. The average molecular weight is 310 g/mol. The van der Waals surface area contributed by atoms with E-state index >= 15 is 0 Å². The zero-order chi connectivity index (χ0) is 15.4. The third-order valence-corrected chi connectivity index (χ3v) is 3.21. The van der Waals surface area contributed by atoms with Crippen molar-refractivity contribution in [2.45, 2.75) is 20.8 Å². The maximum atomic E-state index is 6.12. The first kappa shape index (κ1) is 15.3. The first-order chi connectivity index (χ1) is 10.0. The summed E-state index contributed by atoms with van der Waals surface area (Å²) in [7, 11) is 0. The van der Waals surface area contributed by atoms with Gasteiger partial charge in [-0.1, -0.05) is 11.6 Å². The van der Waals surface area contributed by atoms with Crippen LogP contribution in [-0.4, -0.2) is 21.6 Å². The minimum Gasteiger partial charge on any atom is -0.464 e. The summed E-state index contributed by atoms with van der Waals surface area (Å²) >= 11 is 6.12. The van der Waals surface area contributed by atoms with Gasteiger partial charge >= 0.3 is 12.0 Å². The number of halogens is 1. The van der Waals surface area contributed by atoms with Crippen molar-refractivity contribution in [2.24, 2.45) is 5.84 Å². The summed E-state index contributed by atoms with van der Waals surface area (Å²) in [4.78, 5) is 12.0. The summed E-state index contributed by atoms with van der Waals surface area (Å²) in [5.74, 6) is 6.05. The minimum atomic E-state index is 0.0857. The summed E-state index contributed by atoms with van der Waals surface area (Å²) in [6.45, 7) is 6.04. The van der Waals surface area contributed by atoms with Crippen molar-refractivity contribution < 1.29 is 9.47 Å². The van der Waals surface area contributed by atoms with Crippen LogP contribution in [0.2, 0.25) is 5.02 Å². The van der Waals surface area contributed by atoms with Gasteiger partial charge in [-0.2, -0.15) is 9.97 Å². The minimum absolute atomic E-state index is 0.0857. The fourth-order valence-electron chi connectivity index (χ4n) is 1.71. The predicted octanol–water partition coefficient (Wildman–Crippen LogP) is 2.62. The quantitative estimate of drug-likeness (QED) is 0.647. The number of rotatable bonds is 5. The standard InChI is InChI=1S/C13H16ClN5O2/c1-4-20-12-16-11(19-15)17-13(18-12)21-9-5-7(2)10(14)8(3)6-9/h5-6H,4,15H2,1-3H3,(H,16,17,18,19). The molecular formula is C13H16ClN5O2. The van der Waals surface area contributed by atoms with E-state index in [0.29, 0.717) is 17.4 Å². The number of benzene rings is 1. The zero-order valence-electron chi connectivity index (χ0n) is 12.0. The summed E-state index contributed by atoms with van der Waals surface area (Å²) in [5, 5.41) is 0.706. The molecule has 1 aromatic heterocycles. The van der Waals surface area contributed by atoms with E-state index in [0.717, 1.165) is 11.1 Å². The molecule has 0 saturated carbocycles. The summed E-state index contributed by atoms with van der Waals surface area (Å²) in [5.41, 5.74) is 4.15. The number of nitrogens with two attached hydrogens (primary N) is 1. The summed E-state index contributed by atoms with van der Waals surface area (Å²) in [6.07, 6.45) is 0. The molecule has 0 spiro atoms. The molecule has 0 fully saturated rings. The van der Waals surface area contributed by atoms with Crippen molar-refractivity contribution in [3.05, 3.63) is 28.3 Å². The van der Waals surface area contributed by atoms with Gasteiger partial charge < -0.3 is 9.47 Å². The third kappa shape index (κ3) is 3.71. The topological polar surface area (TPSA) is 95.2 Å². The highest BCUT2D eigenvalue weighted by atomic mass is 35.5. The molecule has 2 rings (SSSR count). The molecule has 3 N–H and O–H groups in total. The Morgan fingerprint density at radius 3 is 2.33 bits per heavy atom. The molecule has 0 aliphatic heterocycles. The fourth-order valence-corrected chi connectivity index (χ4v) is 1.82. The SMILES string of the molecule is CCOc1nc(NN)nc(Oc2cc(C)c(Cl)c(C)c2)n1. The lowest BCUT2D eigenvalue weighted by atomic mass is 10.1. The lowest BCUT2D eigenvalue weighted by molar-refractivity contribution is 0.304. The summed E-state index contributed by atoms with van der Waals surface area (Å²) < 4.78 is 10.9. The Balaban J connectivity index is 2.32. The predicted molar refractivity (Wildman–Crippen MR) is 79.8 cm³/mol. The monoisotopic (exact) mass is 309 g/mol. The van der Waals surface area contributed by atoms with Crippen molar-refractivity contribution in [1.82, 2.24) is 15.0 Å². The van der Waals surface area contributed by atoms with E-state index in [4.69, 9.17) is 26.9 Å². The van der Waals surface area contributed by atoms with E-state index in [1.54, 1.807) is 12.1 Å². The van der Waals surface area contributed by atoms with Gasteiger partial charge in [0.1, 0.15) is 5.75 Å². The van der Waals surface area contributed by atoms with Gasteiger partial charge in [-0.25, -0.2) is 5.84 Å². The van der Waals surface area contributed by atoms with Gasteiger partial charge in [-0.05, 0) is 44.0 Å². The van der Waals surface area contributed by atoms with Gasteiger partial charge in [0, 0.05) is 5.02 Å². The molecule has 0 bridgehead atoms. The van der Waals surface area contributed by atoms with Crippen molar-refractivity contribution in [1.29, 1.82) is 0 Å². The molecule has 7 nitrogen and oxygen atoms in total. The number of hydrogen-bond acceptors (Lipinski definition) is 7. The van der Waals surface area contributed by atoms with Crippen LogP contribution in [0.15, 0.2) is 12.1 Å². The van der Waals surface area contributed by atoms with E-state index in [2.05, 4.69) is 20.4 Å². The third-order valence-electron chi connectivity index (χ3n) is 2.62. The first-order valence-electron chi connectivity index (χ1n) is 6.33. The number of aryl methyl sites for hydroxylation is 2. The van der Waals surface area contributed by atoms with E-state index in [1.807, 2.05) is 20.8 Å². The van der Waals surface area contributed by atoms with Crippen LogP contribution in [0, 0.1) is 13.8 Å². The van der Waals surface area contributed by atoms with Gasteiger partial charge in [0.15, 0.2) is 0 Å². The Morgan fingerprint density at radius 2 is 1.76 bits per heavy atom. The molecule has 0 amide bonds. The molecule has 8 heteroatoms. The molecular weight excluding hydrogens is 294 g/mol. The normalized spacial score (nSPS) is 10.3. The molecule has 2 aromatic rings. The van der Waals surface area contributed by atoms with Crippen LogP contribution in [0.1, 0.15) is 18.1 Å². The number of ether oxygens (including phenoxy) is 2. The van der Waals surface area contributed by atoms with E-state index < -0.39 is 0 Å². The van der Waals surface area contributed by atoms with Crippen molar-refractivity contribution in [2.75, 3.05) is 12.0 Å². The lowest BCUT2D eigenvalue weighted by Gasteiger charge is -2.10. The molecule has 0 atom stereocenters. The molecule has 1 aromatic carbocycles. The van der Waals surface area contributed by atoms with Crippen LogP contribution in [-0.2, 0) is 0 Å². The highest BCUT2D eigenvalue weighted by Gasteiger charge is 2.10. The lowest BCUT2D eigenvalue weighted by Crippen LogP contribution is -2.12. The van der Waals surface area contributed by atoms with Crippen LogP contribution in [0.3, 0.4) is 0 Å².